The highest BCUT2D eigenvalue weighted by molar-refractivity contribution is 7.17. The highest BCUT2D eigenvalue weighted by Gasteiger charge is 2.16. The van der Waals surface area contributed by atoms with Gasteiger partial charge in [0.15, 0.2) is 0 Å². The van der Waals surface area contributed by atoms with E-state index in [9.17, 15) is 4.79 Å². The molecule has 0 bridgehead atoms. The van der Waals surface area contributed by atoms with Crippen molar-refractivity contribution in [2.24, 2.45) is 0 Å². The van der Waals surface area contributed by atoms with Crippen molar-refractivity contribution in [2.75, 3.05) is 11.1 Å². The number of nitrogens with two attached hydrogens (primary N) is 1. The fourth-order valence-electron chi connectivity index (χ4n) is 2.28. The standard InChI is InChI=1S/C16H16N4OS/c1-3-12-15-14(19-8-18-12)11(7-22-15)16(21)20-13-6-10(17)5-4-9(13)2/h4-8H,3,17H2,1-2H3,(H,20,21). The van der Waals surface area contributed by atoms with Gasteiger partial charge in [0.05, 0.1) is 21.5 Å². The number of hydrogen-bond acceptors (Lipinski definition) is 5. The monoisotopic (exact) mass is 312 g/mol. The van der Waals surface area contributed by atoms with E-state index in [0.29, 0.717) is 22.5 Å². The van der Waals surface area contributed by atoms with E-state index in [4.69, 9.17) is 5.73 Å². The molecule has 1 amide bonds. The molecule has 22 heavy (non-hydrogen) atoms. The van der Waals surface area contributed by atoms with Crippen LogP contribution < -0.4 is 11.1 Å². The second kappa shape index (κ2) is 5.73. The first kappa shape index (κ1) is 14.5. The number of nitrogen functional groups attached to an aromatic ring is 1. The van der Waals surface area contributed by atoms with Crippen LogP contribution in [0.5, 0.6) is 0 Å². The molecule has 0 radical (unpaired) electrons. The van der Waals surface area contributed by atoms with E-state index in [-0.39, 0.29) is 5.91 Å². The summed E-state index contributed by atoms with van der Waals surface area (Å²) in [4.78, 5) is 21.1. The Balaban J connectivity index is 1.97. The van der Waals surface area contributed by atoms with Gasteiger partial charge in [-0.05, 0) is 31.0 Å². The third-order valence-electron chi connectivity index (χ3n) is 3.52. The lowest BCUT2D eigenvalue weighted by molar-refractivity contribution is 0.102. The van der Waals surface area contributed by atoms with Gasteiger partial charge in [-0.1, -0.05) is 13.0 Å². The maximum Gasteiger partial charge on any atom is 0.258 e. The summed E-state index contributed by atoms with van der Waals surface area (Å²) in [5.41, 5.74) is 10.3. The largest absolute Gasteiger partial charge is 0.399 e. The number of nitrogens with zero attached hydrogens (tertiary/aromatic N) is 2. The number of fused-ring (bicyclic) bond motifs is 1. The summed E-state index contributed by atoms with van der Waals surface area (Å²) < 4.78 is 0.972. The zero-order valence-electron chi connectivity index (χ0n) is 12.4. The van der Waals surface area contributed by atoms with Gasteiger partial charge in [0.2, 0.25) is 0 Å². The maximum absolute atomic E-state index is 12.5. The lowest BCUT2D eigenvalue weighted by Gasteiger charge is -2.08. The minimum Gasteiger partial charge on any atom is -0.399 e. The lowest BCUT2D eigenvalue weighted by Crippen LogP contribution is -2.13. The van der Waals surface area contributed by atoms with E-state index in [1.54, 1.807) is 6.07 Å². The zero-order valence-corrected chi connectivity index (χ0v) is 13.2. The van der Waals surface area contributed by atoms with Gasteiger partial charge < -0.3 is 11.1 Å². The molecule has 5 nitrogen and oxygen atoms in total. The second-order valence-corrected chi connectivity index (χ2v) is 5.91. The van der Waals surface area contributed by atoms with Crippen LogP contribution in [0.25, 0.3) is 10.2 Å². The van der Waals surface area contributed by atoms with Crippen LogP contribution in [0.15, 0.2) is 29.9 Å². The number of carbonyl (C=O) groups is 1. The van der Waals surface area contributed by atoms with Gasteiger partial charge in [0, 0.05) is 16.8 Å². The molecule has 0 saturated carbocycles. The van der Waals surface area contributed by atoms with Crippen molar-refractivity contribution >= 4 is 38.8 Å². The maximum atomic E-state index is 12.5. The molecule has 0 saturated heterocycles. The molecule has 3 N–H and O–H groups in total. The van der Waals surface area contributed by atoms with E-state index in [0.717, 1.165) is 22.4 Å². The Morgan fingerprint density at radius 2 is 2.18 bits per heavy atom. The number of aromatic nitrogens is 2. The predicted octanol–water partition coefficient (Wildman–Crippen LogP) is 3.40. The third-order valence-corrected chi connectivity index (χ3v) is 4.53. The van der Waals surface area contributed by atoms with Gasteiger partial charge >= 0.3 is 0 Å². The number of amides is 1. The summed E-state index contributed by atoms with van der Waals surface area (Å²) in [6.45, 7) is 3.97. The van der Waals surface area contributed by atoms with Crippen molar-refractivity contribution in [1.82, 2.24) is 9.97 Å². The van der Waals surface area contributed by atoms with E-state index in [2.05, 4.69) is 15.3 Å². The third kappa shape index (κ3) is 2.53. The van der Waals surface area contributed by atoms with Gasteiger partial charge in [-0.15, -0.1) is 11.3 Å². The average Bonchev–Trinajstić information content (AvgIpc) is 2.95. The van der Waals surface area contributed by atoms with Crippen LogP contribution in [0.3, 0.4) is 0 Å². The highest BCUT2D eigenvalue weighted by Crippen LogP contribution is 2.27. The van der Waals surface area contributed by atoms with Crippen molar-refractivity contribution < 1.29 is 4.79 Å². The number of hydrogen-bond donors (Lipinski definition) is 2. The molecular weight excluding hydrogens is 296 g/mol. The minimum absolute atomic E-state index is 0.180. The van der Waals surface area contributed by atoms with Crippen LogP contribution in [0.2, 0.25) is 0 Å². The van der Waals surface area contributed by atoms with Gasteiger partial charge in [0.25, 0.3) is 5.91 Å². The first-order valence-electron chi connectivity index (χ1n) is 6.98. The average molecular weight is 312 g/mol. The summed E-state index contributed by atoms with van der Waals surface area (Å²) in [6.07, 6.45) is 2.32. The second-order valence-electron chi connectivity index (χ2n) is 5.03. The summed E-state index contributed by atoms with van der Waals surface area (Å²) in [5, 5.41) is 4.74. The number of nitrogens with one attached hydrogen (secondary N) is 1. The number of aryl methyl sites for hydroxylation is 2. The molecule has 3 rings (SSSR count). The molecule has 0 aliphatic rings. The van der Waals surface area contributed by atoms with Gasteiger partial charge in [0.1, 0.15) is 6.33 Å². The SMILES string of the molecule is CCc1ncnc2c(C(=O)Nc3cc(N)ccc3C)csc12. The summed E-state index contributed by atoms with van der Waals surface area (Å²) >= 11 is 1.50. The highest BCUT2D eigenvalue weighted by atomic mass is 32.1. The van der Waals surface area contributed by atoms with Crippen molar-refractivity contribution in [3.8, 4) is 0 Å². The molecule has 3 aromatic rings. The molecule has 0 atom stereocenters. The van der Waals surface area contributed by atoms with Crippen LogP contribution >= 0.6 is 11.3 Å². The van der Waals surface area contributed by atoms with Crippen LogP contribution in [-0.2, 0) is 6.42 Å². The Morgan fingerprint density at radius 1 is 1.36 bits per heavy atom. The van der Waals surface area contributed by atoms with Crippen molar-refractivity contribution in [1.29, 1.82) is 0 Å². The van der Waals surface area contributed by atoms with E-state index in [1.807, 2.05) is 31.4 Å². The smallest absolute Gasteiger partial charge is 0.258 e. The van der Waals surface area contributed by atoms with Gasteiger partial charge in [-0.2, -0.15) is 0 Å². The number of rotatable bonds is 3. The first-order valence-corrected chi connectivity index (χ1v) is 7.86. The molecule has 0 fully saturated rings. The number of benzene rings is 1. The van der Waals surface area contributed by atoms with Crippen LogP contribution in [-0.4, -0.2) is 15.9 Å². The van der Waals surface area contributed by atoms with Crippen LogP contribution in [0, 0.1) is 6.92 Å². The molecule has 2 heterocycles. The Labute approximate surface area is 132 Å². The lowest BCUT2D eigenvalue weighted by atomic mass is 10.1. The van der Waals surface area contributed by atoms with Crippen molar-refractivity contribution in [2.45, 2.75) is 20.3 Å². The predicted molar refractivity (Wildman–Crippen MR) is 90.3 cm³/mol. The van der Waals surface area contributed by atoms with Crippen LogP contribution in [0.4, 0.5) is 11.4 Å². The fraction of sp³-hybridized carbons (Fsp3) is 0.188. The normalized spacial score (nSPS) is 10.8. The molecule has 112 valence electrons. The first-order chi connectivity index (χ1) is 10.6. The van der Waals surface area contributed by atoms with Crippen molar-refractivity contribution in [3.63, 3.8) is 0 Å². The summed E-state index contributed by atoms with van der Waals surface area (Å²) in [7, 11) is 0. The minimum atomic E-state index is -0.180. The van der Waals surface area contributed by atoms with Crippen molar-refractivity contribution in [3.05, 3.63) is 46.7 Å². The molecule has 0 spiro atoms. The molecule has 0 unspecified atom stereocenters. The van der Waals surface area contributed by atoms with Gasteiger partial charge in [-0.3, -0.25) is 4.79 Å². The number of anilines is 2. The Morgan fingerprint density at radius 3 is 2.95 bits per heavy atom. The van der Waals surface area contributed by atoms with E-state index >= 15 is 0 Å². The Hall–Kier alpha value is -2.47. The molecule has 0 aliphatic heterocycles. The summed E-state index contributed by atoms with van der Waals surface area (Å²) in [6, 6.07) is 5.45. The molecule has 0 aliphatic carbocycles. The van der Waals surface area contributed by atoms with Crippen LogP contribution in [0.1, 0.15) is 28.5 Å². The molecular formula is C16H16N4OS. The molecule has 6 heteroatoms. The number of carbonyl (C=O) groups excluding carboxylic acids is 1. The zero-order chi connectivity index (χ0) is 15.7. The molecule has 2 aromatic heterocycles. The molecule has 1 aromatic carbocycles. The topological polar surface area (TPSA) is 80.9 Å². The Bertz CT molecular complexity index is 856. The summed E-state index contributed by atoms with van der Waals surface area (Å²) in [5.74, 6) is -0.180. The number of thiophene rings is 1. The van der Waals surface area contributed by atoms with Gasteiger partial charge in [-0.25, -0.2) is 9.97 Å². The fourth-order valence-corrected chi connectivity index (χ4v) is 3.34. The Kier molecular flexibility index (Phi) is 3.77. The quantitative estimate of drug-likeness (QED) is 0.726. The van der Waals surface area contributed by atoms with E-state index in [1.165, 1.54) is 17.7 Å². The van der Waals surface area contributed by atoms with E-state index < -0.39 is 0 Å².